The lowest BCUT2D eigenvalue weighted by molar-refractivity contribution is 0.794. The molecule has 0 saturated carbocycles. The zero-order valence-corrected chi connectivity index (χ0v) is 40.0. The van der Waals surface area contributed by atoms with E-state index in [0.717, 1.165) is 28.3 Å². The molecule has 340 valence electrons. The lowest BCUT2D eigenvalue weighted by Gasteiger charge is -2.31. The summed E-state index contributed by atoms with van der Waals surface area (Å²) in [6.45, 7) is 0. The van der Waals surface area contributed by atoms with E-state index in [-0.39, 0.29) is 0 Å². The third-order valence-corrected chi connectivity index (χ3v) is 15.8. The molecular formula is C71H46N2. The Bertz CT molecular complexity index is 4250. The van der Waals surface area contributed by atoms with Crippen LogP contribution in [-0.2, 0) is 5.41 Å². The average molecular weight is 927 g/mol. The SMILES string of the molecule is c1ccc(-c2ccccc2-c2ccc(N(c3ccc(-c4ccc5c6ccc7ccccc7c6n(-c6ccccc6)c5c4)cc3)c3ccc4c(c3)-c3ccccc3C43c4ccccc4-c4ccccc43)cc2)cc1. The second-order valence-electron chi connectivity index (χ2n) is 19.5. The van der Waals surface area contributed by atoms with Gasteiger partial charge in [0.2, 0.25) is 0 Å². The first-order valence-electron chi connectivity index (χ1n) is 25.3. The molecular weight excluding hydrogens is 881 g/mol. The van der Waals surface area contributed by atoms with E-state index in [0.29, 0.717) is 0 Å². The van der Waals surface area contributed by atoms with Gasteiger partial charge in [-0.1, -0.05) is 224 Å². The van der Waals surface area contributed by atoms with E-state index < -0.39 is 5.41 Å². The summed E-state index contributed by atoms with van der Waals surface area (Å²) in [4.78, 5) is 2.43. The van der Waals surface area contributed by atoms with E-state index in [1.807, 2.05) is 0 Å². The topological polar surface area (TPSA) is 8.17 Å². The summed E-state index contributed by atoms with van der Waals surface area (Å²) in [5, 5.41) is 5.00. The average Bonchev–Trinajstić information content (AvgIpc) is 4.08. The van der Waals surface area contributed by atoms with Gasteiger partial charge in [-0.05, 0) is 138 Å². The molecule has 13 aromatic rings. The number of para-hydroxylation sites is 1. The zero-order valence-electron chi connectivity index (χ0n) is 40.0. The highest BCUT2D eigenvalue weighted by Crippen LogP contribution is 2.63. The molecule has 2 aliphatic carbocycles. The van der Waals surface area contributed by atoms with E-state index in [4.69, 9.17) is 0 Å². The highest BCUT2D eigenvalue weighted by atomic mass is 15.1. The maximum atomic E-state index is 2.45. The minimum absolute atomic E-state index is 0.404. The van der Waals surface area contributed by atoms with Gasteiger partial charge in [-0.25, -0.2) is 0 Å². The van der Waals surface area contributed by atoms with Gasteiger partial charge in [0.1, 0.15) is 0 Å². The summed E-state index contributed by atoms with van der Waals surface area (Å²) in [7, 11) is 0. The molecule has 0 saturated heterocycles. The van der Waals surface area contributed by atoms with E-state index in [1.54, 1.807) is 0 Å². The minimum Gasteiger partial charge on any atom is -0.310 e. The van der Waals surface area contributed by atoms with Crippen LogP contribution in [0.1, 0.15) is 22.3 Å². The van der Waals surface area contributed by atoms with E-state index >= 15 is 0 Å². The van der Waals surface area contributed by atoms with Crippen LogP contribution in [0.15, 0.2) is 279 Å². The Hall–Kier alpha value is -9.50. The van der Waals surface area contributed by atoms with Gasteiger partial charge in [-0.3, -0.25) is 0 Å². The van der Waals surface area contributed by atoms with E-state index in [2.05, 4.69) is 289 Å². The molecule has 0 amide bonds. The number of rotatable bonds is 7. The highest BCUT2D eigenvalue weighted by molar-refractivity contribution is 6.19. The molecule has 2 aliphatic rings. The third-order valence-electron chi connectivity index (χ3n) is 15.8. The summed E-state index contributed by atoms with van der Waals surface area (Å²) in [5.74, 6) is 0. The first-order valence-corrected chi connectivity index (χ1v) is 25.3. The Morgan fingerprint density at radius 2 is 0.740 bits per heavy atom. The van der Waals surface area contributed by atoms with Crippen LogP contribution in [0.2, 0.25) is 0 Å². The maximum absolute atomic E-state index is 2.45. The second-order valence-corrected chi connectivity index (χ2v) is 19.5. The predicted octanol–water partition coefficient (Wildman–Crippen LogP) is 18.8. The van der Waals surface area contributed by atoms with Crippen molar-refractivity contribution in [1.29, 1.82) is 0 Å². The fourth-order valence-electron chi connectivity index (χ4n) is 12.7. The lowest BCUT2D eigenvalue weighted by Crippen LogP contribution is -2.25. The standard InChI is InChI=1S/C71H46N2/c1-3-17-48(18-4-1)56-22-9-10-23-57(56)50-33-39-54(40-34-50)72(55-41-44-68-64(46-55)61-27-13-16-30-67(61)71(68)65-28-14-11-25-59(65)60-26-12-15-29-66(60)71)53-37-31-47(32-38-53)51-36-42-62-63-43-35-49-19-7-8-24-58(49)70(63)73(69(62)45-51)52-20-5-2-6-21-52/h1-46H. The molecule has 1 spiro atoms. The van der Waals surface area contributed by atoms with Gasteiger partial charge >= 0.3 is 0 Å². The normalized spacial score (nSPS) is 12.8. The molecule has 12 aromatic carbocycles. The summed E-state index contributed by atoms with van der Waals surface area (Å²) in [6.07, 6.45) is 0. The molecule has 15 rings (SSSR count). The number of benzene rings is 12. The molecule has 73 heavy (non-hydrogen) atoms. The van der Waals surface area contributed by atoms with Crippen LogP contribution in [-0.4, -0.2) is 4.57 Å². The van der Waals surface area contributed by atoms with Crippen molar-refractivity contribution in [3.05, 3.63) is 301 Å². The molecule has 2 heteroatoms. The number of anilines is 3. The van der Waals surface area contributed by atoms with Gasteiger partial charge in [0, 0.05) is 38.9 Å². The Morgan fingerprint density at radius 3 is 1.38 bits per heavy atom. The third kappa shape index (κ3) is 6.17. The maximum Gasteiger partial charge on any atom is 0.0725 e. The number of fused-ring (bicyclic) bond motifs is 15. The molecule has 0 aliphatic heterocycles. The minimum atomic E-state index is -0.404. The van der Waals surface area contributed by atoms with Crippen molar-refractivity contribution in [2.24, 2.45) is 0 Å². The van der Waals surface area contributed by atoms with Crippen LogP contribution >= 0.6 is 0 Å². The summed E-state index contributed by atoms with van der Waals surface area (Å²) >= 11 is 0. The van der Waals surface area contributed by atoms with Crippen LogP contribution in [0.3, 0.4) is 0 Å². The smallest absolute Gasteiger partial charge is 0.0725 e. The van der Waals surface area contributed by atoms with Gasteiger partial charge in [0.15, 0.2) is 0 Å². The lowest BCUT2D eigenvalue weighted by atomic mass is 9.70. The largest absolute Gasteiger partial charge is 0.310 e. The molecule has 0 bridgehead atoms. The van der Waals surface area contributed by atoms with Gasteiger partial charge in [-0.2, -0.15) is 0 Å². The quantitative estimate of drug-likeness (QED) is 0.155. The molecule has 0 atom stereocenters. The van der Waals surface area contributed by atoms with Crippen LogP contribution < -0.4 is 4.90 Å². The van der Waals surface area contributed by atoms with Crippen molar-refractivity contribution in [2.75, 3.05) is 4.90 Å². The Morgan fingerprint density at radius 1 is 0.274 bits per heavy atom. The van der Waals surface area contributed by atoms with Gasteiger partial charge in [0.05, 0.1) is 16.4 Å². The Kier molecular flexibility index (Phi) is 9.21. The zero-order chi connectivity index (χ0) is 48.0. The summed E-state index contributed by atoms with van der Waals surface area (Å²) in [6, 6.07) is 103. The van der Waals surface area contributed by atoms with Crippen molar-refractivity contribution >= 4 is 49.6 Å². The molecule has 0 N–H and O–H groups in total. The highest BCUT2D eigenvalue weighted by Gasteiger charge is 2.51. The van der Waals surface area contributed by atoms with Crippen LogP contribution in [0.25, 0.3) is 93.9 Å². The fourth-order valence-corrected chi connectivity index (χ4v) is 12.7. The number of hydrogen-bond donors (Lipinski definition) is 0. The van der Waals surface area contributed by atoms with Crippen molar-refractivity contribution in [3.8, 4) is 61.3 Å². The predicted molar refractivity (Wildman–Crippen MR) is 306 cm³/mol. The van der Waals surface area contributed by atoms with Crippen molar-refractivity contribution in [3.63, 3.8) is 0 Å². The molecule has 0 fully saturated rings. The number of nitrogens with zero attached hydrogens (tertiary/aromatic N) is 2. The summed E-state index contributed by atoms with van der Waals surface area (Å²) in [5.41, 5.74) is 24.2. The molecule has 0 unspecified atom stereocenters. The van der Waals surface area contributed by atoms with Crippen LogP contribution in [0.4, 0.5) is 17.1 Å². The van der Waals surface area contributed by atoms with Crippen molar-refractivity contribution in [1.82, 2.24) is 4.57 Å². The Balaban J connectivity index is 0.886. The molecule has 1 heterocycles. The molecule has 1 aromatic heterocycles. The van der Waals surface area contributed by atoms with Crippen LogP contribution in [0.5, 0.6) is 0 Å². The van der Waals surface area contributed by atoms with Gasteiger partial charge in [-0.15, -0.1) is 0 Å². The fraction of sp³-hybridized carbons (Fsp3) is 0.0141. The van der Waals surface area contributed by atoms with Gasteiger partial charge in [0.25, 0.3) is 0 Å². The van der Waals surface area contributed by atoms with Crippen molar-refractivity contribution in [2.45, 2.75) is 5.41 Å². The number of hydrogen-bond acceptors (Lipinski definition) is 1. The first kappa shape index (κ1) is 41.3. The second kappa shape index (κ2) is 16.3. The molecule has 0 radical (unpaired) electrons. The summed E-state index contributed by atoms with van der Waals surface area (Å²) < 4.78 is 2.45. The first-order chi connectivity index (χ1) is 36.2. The van der Waals surface area contributed by atoms with Crippen molar-refractivity contribution < 1.29 is 0 Å². The van der Waals surface area contributed by atoms with Crippen LogP contribution in [0, 0.1) is 0 Å². The Labute approximate surface area is 425 Å². The van der Waals surface area contributed by atoms with E-state index in [9.17, 15) is 0 Å². The van der Waals surface area contributed by atoms with E-state index in [1.165, 1.54) is 105 Å². The monoisotopic (exact) mass is 926 g/mol. The van der Waals surface area contributed by atoms with Gasteiger partial charge < -0.3 is 9.47 Å². The molecule has 2 nitrogen and oxygen atoms in total. The number of aromatic nitrogens is 1.